The van der Waals surface area contributed by atoms with Gasteiger partial charge in [-0.05, 0) is 31.1 Å². The molecule has 2 atom stereocenters. The van der Waals surface area contributed by atoms with Crippen LogP contribution in [-0.2, 0) is 19.0 Å². The zero-order valence-corrected chi connectivity index (χ0v) is 13.2. The Labute approximate surface area is 130 Å². The Morgan fingerprint density at radius 1 is 1.36 bits per heavy atom. The van der Waals surface area contributed by atoms with Gasteiger partial charge in [0.15, 0.2) is 0 Å². The van der Waals surface area contributed by atoms with Crippen molar-refractivity contribution in [2.24, 2.45) is 5.41 Å². The van der Waals surface area contributed by atoms with Gasteiger partial charge in [-0.1, -0.05) is 18.2 Å². The second-order valence-corrected chi connectivity index (χ2v) is 5.94. The number of aryl methyl sites for hydroxylation is 2. The summed E-state index contributed by atoms with van der Waals surface area (Å²) < 4.78 is 16.4. The minimum absolute atomic E-state index is 0.266. The summed E-state index contributed by atoms with van der Waals surface area (Å²) in [5.74, 6) is -0.294. The maximum absolute atomic E-state index is 12.4. The number of carbonyl (C=O) groups is 1. The van der Waals surface area contributed by atoms with Crippen molar-refractivity contribution in [2.45, 2.75) is 20.0 Å². The van der Waals surface area contributed by atoms with Crippen LogP contribution in [0.5, 0.6) is 0 Å². The molecular formula is C17H21NO4. The highest BCUT2D eigenvalue weighted by atomic mass is 16.5. The van der Waals surface area contributed by atoms with Crippen molar-refractivity contribution in [3.8, 4) is 0 Å². The maximum Gasteiger partial charge on any atom is 0.320 e. The molecule has 0 aromatic heterocycles. The fourth-order valence-electron chi connectivity index (χ4n) is 3.39. The predicted molar refractivity (Wildman–Crippen MR) is 82.5 cm³/mol. The number of benzene rings is 1. The molecule has 0 N–H and O–H groups in total. The van der Waals surface area contributed by atoms with E-state index in [1.807, 2.05) is 6.07 Å². The quantitative estimate of drug-likeness (QED) is 0.784. The van der Waals surface area contributed by atoms with Crippen molar-refractivity contribution in [2.75, 3.05) is 31.9 Å². The average Bonchev–Trinajstić information content (AvgIpc) is 2.53. The number of hydrogen-bond acceptors (Lipinski definition) is 5. The molecule has 0 radical (unpaired) electrons. The number of hydrogen-bond donors (Lipinski definition) is 0. The summed E-state index contributed by atoms with van der Waals surface area (Å²) in [7, 11) is 1.41. The summed E-state index contributed by atoms with van der Waals surface area (Å²) in [6.07, 6.45) is 3.08. The van der Waals surface area contributed by atoms with Crippen molar-refractivity contribution in [1.29, 1.82) is 0 Å². The first kappa shape index (κ1) is 14.9. The number of anilines is 1. The molecule has 2 heterocycles. The van der Waals surface area contributed by atoms with Crippen LogP contribution in [0.25, 0.3) is 0 Å². The van der Waals surface area contributed by atoms with Gasteiger partial charge in [0.2, 0.25) is 0 Å². The first-order chi connectivity index (χ1) is 10.6. The third kappa shape index (κ3) is 2.25. The van der Waals surface area contributed by atoms with E-state index in [2.05, 4.69) is 30.9 Å². The Hall–Kier alpha value is -2.01. The number of rotatable bonds is 2. The lowest BCUT2D eigenvalue weighted by Crippen LogP contribution is -2.60. The SMILES string of the molecule is COC(=O)C12COC=CC1OCN(c1c(C)cccc1C)C2. The molecule has 2 aliphatic rings. The molecule has 5 heteroatoms. The van der Waals surface area contributed by atoms with Crippen LogP contribution in [0.4, 0.5) is 5.69 Å². The van der Waals surface area contributed by atoms with E-state index in [1.165, 1.54) is 7.11 Å². The molecule has 2 aliphatic heterocycles. The van der Waals surface area contributed by atoms with Crippen molar-refractivity contribution in [3.63, 3.8) is 0 Å². The Bertz CT molecular complexity index is 592. The second-order valence-electron chi connectivity index (χ2n) is 5.94. The zero-order valence-electron chi connectivity index (χ0n) is 13.2. The van der Waals surface area contributed by atoms with E-state index in [-0.39, 0.29) is 18.7 Å². The summed E-state index contributed by atoms with van der Waals surface area (Å²) in [5, 5.41) is 0. The Balaban J connectivity index is 1.98. The monoisotopic (exact) mass is 303 g/mol. The molecule has 1 fully saturated rings. The lowest BCUT2D eigenvalue weighted by Gasteiger charge is -2.47. The van der Waals surface area contributed by atoms with Gasteiger partial charge in [0.25, 0.3) is 0 Å². The van der Waals surface area contributed by atoms with E-state index in [1.54, 1.807) is 12.3 Å². The third-order valence-corrected chi connectivity index (χ3v) is 4.47. The van der Waals surface area contributed by atoms with Crippen LogP contribution in [0.3, 0.4) is 0 Å². The van der Waals surface area contributed by atoms with Crippen LogP contribution in [-0.4, -0.2) is 39.1 Å². The average molecular weight is 303 g/mol. The van der Waals surface area contributed by atoms with Crippen LogP contribution in [0.1, 0.15) is 11.1 Å². The number of carbonyl (C=O) groups excluding carboxylic acids is 1. The van der Waals surface area contributed by atoms with Gasteiger partial charge < -0.3 is 19.1 Å². The topological polar surface area (TPSA) is 48.0 Å². The Kier molecular flexibility index (Phi) is 3.83. The Morgan fingerprint density at radius 3 is 2.77 bits per heavy atom. The molecular weight excluding hydrogens is 282 g/mol. The fraction of sp³-hybridized carbons (Fsp3) is 0.471. The number of para-hydroxylation sites is 1. The molecule has 0 aliphatic carbocycles. The summed E-state index contributed by atoms with van der Waals surface area (Å²) >= 11 is 0. The normalized spacial score (nSPS) is 27.0. The molecule has 0 amide bonds. The molecule has 3 rings (SSSR count). The molecule has 0 spiro atoms. The summed E-state index contributed by atoms with van der Waals surface area (Å²) in [4.78, 5) is 14.5. The molecule has 1 saturated heterocycles. The van der Waals surface area contributed by atoms with E-state index in [4.69, 9.17) is 14.2 Å². The molecule has 0 bridgehead atoms. The van der Waals surface area contributed by atoms with Crippen molar-refractivity contribution < 1.29 is 19.0 Å². The fourth-order valence-corrected chi connectivity index (χ4v) is 3.39. The van der Waals surface area contributed by atoms with Gasteiger partial charge in [0.05, 0.1) is 13.4 Å². The van der Waals surface area contributed by atoms with Gasteiger partial charge in [-0.2, -0.15) is 0 Å². The van der Waals surface area contributed by atoms with Crippen LogP contribution in [0.15, 0.2) is 30.5 Å². The standard InChI is InChI=1S/C17H21NO4/c1-12-5-4-6-13(2)15(12)18-9-17(16(19)20-3)10-21-8-7-14(17)22-11-18/h4-8,14H,9-11H2,1-3H3. The number of nitrogens with zero attached hydrogens (tertiary/aromatic N) is 1. The first-order valence-electron chi connectivity index (χ1n) is 7.38. The molecule has 1 aromatic carbocycles. The highest BCUT2D eigenvalue weighted by Gasteiger charge is 2.53. The van der Waals surface area contributed by atoms with E-state index in [9.17, 15) is 4.79 Å². The predicted octanol–water partition coefficient (Wildman–Crippen LogP) is 2.17. The van der Waals surface area contributed by atoms with Gasteiger partial charge in [0, 0.05) is 12.2 Å². The summed E-state index contributed by atoms with van der Waals surface area (Å²) in [6.45, 7) is 5.36. The van der Waals surface area contributed by atoms with Gasteiger partial charge >= 0.3 is 5.97 Å². The largest absolute Gasteiger partial charge is 0.500 e. The van der Waals surface area contributed by atoms with E-state index >= 15 is 0 Å². The number of ether oxygens (including phenoxy) is 3. The van der Waals surface area contributed by atoms with E-state index in [0.29, 0.717) is 13.3 Å². The van der Waals surface area contributed by atoms with Crippen LogP contribution in [0.2, 0.25) is 0 Å². The number of fused-ring (bicyclic) bond motifs is 1. The minimum Gasteiger partial charge on any atom is -0.500 e. The maximum atomic E-state index is 12.4. The lowest BCUT2D eigenvalue weighted by atomic mass is 9.79. The van der Waals surface area contributed by atoms with Crippen LogP contribution < -0.4 is 4.90 Å². The second kappa shape index (κ2) is 5.65. The van der Waals surface area contributed by atoms with Gasteiger partial charge in [-0.3, -0.25) is 4.79 Å². The van der Waals surface area contributed by atoms with Crippen LogP contribution >= 0.6 is 0 Å². The Morgan fingerprint density at radius 2 is 2.09 bits per heavy atom. The highest BCUT2D eigenvalue weighted by Crippen LogP contribution is 2.38. The van der Waals surface area contributed by atoms with Crippen LogP contribution in [0, 0.1) is 19.3 Å². The molecule has 22 heavy (non-hydrogen) atoms. The zero-order chi connectivity index (χ0) is 15.7. The van der Waals surface area contributed by atoms with Gasteiger partial charge in [-0.15, -0.1) is 0 Å². The molecule has 1 aromatic rings. The molecule has 0 saturated carbocycles. The smallest absolute Gasteiger partial charge is 0.320 e. The first-order valence-corrected chi connectivity index (χ1v) is 7.38. The third-order valence-electron chi connectivity index (χ3n) is 4.47. The van der Waals surface area contributed by atoms with E-state index in [0.717, 1.165) is 16.8 Å². The van der Waals surface area contributed by atoms with Crippen molar-refractivity contribution in [3.05, 3.63) is 41.7 Å². The van der Waals surface area contributed by atoms with Gasteiger partial charge in [0.1, 0.15) is 24.9 Å². The number of methoxy groups -OCH3 is 1. The number of esters is 1. The minimum atomic E-state index is -0.823. The lowest BCUT2D eigenvalue weighted by molar-refractivity contribution is -0.171. The summed E-state index contributed by atoms with van der Waals surface area (Å²) in [5.41, 5.74) is 2.61. The molecule has 5 nitrogen and oxygen atoms in total. The van der Waals surface area contributed by atoms with Crippen molar-refractivity contribution in [1.82, 2.24) is 0 Å². The van der Waals surface area contributed by atoms with E-state index < -0.39 is 5.41 Å². The molecule has 118 valence electrons. The highest BCUT2D eigenvalue weighted by molar-refractivity contribution is 5.80. The van der Waals surface area contributed by atoms with Gasteiger partial charge in [-0.25, -0.2) is 0 Å². The van der Waals surface area contributed by atoms with Crippen molar-refractivity contribution >= 4 is 11.7 Å². The summed E-state index contributed by atoms with van der Waals surface area (Å²) in [6, 6.07) is 6.16. The molecule has 2 unspecified atom stereocenters.